The lowest BCUT2D eigenvalue weighted by Gasteiger charge is -2.29. The van der Waals surface area contributed by atoms with Gasteiger partial charge in [0.15, 0.2) is 11.8 Å². The summed E-state index contributed by atoms with van der Waals surface area (Å²) < 4.78 is 22.1. The van der Waals surface area contributed by atoms with Crippen molar-refractivity contribution in [2.45, 2.75) is 44.2 Å². The summed E-state index contributed by atoms with van der Waals surface area (Å²) in [5.41, 5.74) is 15.4. The summed E-state index contributed by atoms with van der Waals surface area (Å²) >= 11 is 0. The third kappa shape index (κ3) is 7.21. The smallest absolute Gasteiger partial charge is 0.266 e. The normalized spacial score (nSPS) is 18.4. The maximum atomic E-state index is 13.7. The molecule has 2 aromatic rings. The van der Waals surface area contributed by atoms with Crippen LogP contribution in [-0.2, 0) is 32.0 Å². The lowest BCUT2D eigenvalue weighted by Crippen LogP contribution is -2.57. The van der Waals surface area contributed by atoms with Crippen molar-refractivity contribution < 1.29 is 28.8 Å². The van der Waals surface area contributed by atoms with Crippen LogP contribution in [0.4, 0.5) is 0 Å². The highest BCUT2D eigenvalue weighted by Gasteiger charge is 2.50. The van der Waals surface area contributed by atoms with E-state index in [1.54, 1.807) is 19.1 Å². The molecule has 12 heteroatoms. The zero-order valence-corrected chi connectivity index (χ0v) is 21.8. The number of nitrogens with zero attached hydrogens (tertiary/aromatic N) is 4. The number of rotatable bonds is 15. The molecule has 12 nitrogen and oxygen atoms in total. The van der Waals surface area contributed by atoms with Crippen molar-refractivity contribution in [3.8, 4) is 5.75 Å². The zero-order valence-electron chi connectivity index (χ0n) is 21.8. The molecule has 2 aromatic carbocycles. The van der Waals surface area contributed by atoms with Crippen LogP contribution in [0.25, 0.3) is 10.4 Å². The van der Waals surface area contributed by atoms with Gasteiger partial charge in [0.05, 0.1) is 19.7 Å². The molecule has 0 saturated carbocycles. The van der Waals surface area contributed by atoms with E-state index in [2.05, 4.69) is 20.9 Å². The Labute approximate surface area is 221 Å². The van der Waals surface area contributed by atoms with Crippen LogP contribution in [0.2, 0.25) is 0 Å². The number of benzene rings is 2. The van der Waals surface area contributed by atoms with E-state index in [0.29, 0.717) is 30.2 Å². The van der Waals surface area contributed by atoms with Gasteiger partial charge in [0, 0.05) is 44.1 Å². The monoisotopic (exact) mass is 526 g/mol. The van der Waals surface area contributed by atoms with Gasteiger partial charge in [-0.3, -0.25) is 10.2 Å². The first-order chi connectivity index (χ1) is 18.5. The standard InChI is InChI=1S/C26H34N6O6/c1-18-26(25(34)31-28-17-23(35-2)36-3,15-20-7-4-5-8-21(20)16-29-32-27)30-24(38-18)19-9-11-22(12-10-19)37-14-6-13-33/h4-5,7-12,18,23,28,33H,6,13-17H2,1-3H3,(H,31,34)/t18-,26-/m0/s1. The van der Waals surface area contributed by atoms with Crippen LogP contribution in [0.5, 0.6) is 5.75 Å². The molecule has 0 aromatic heterocycles. The Kier molecular flexibility index (Phi) is 10.9. The van der Waals surface area contributed by atoms with Crippen LogP contribution >= 0.6 is 0 Å². The van der Waals surface area contributed by atoms with Crippen LogP contribution in [0.15, 0.2) is 58.6 Å². The van der Waals surface area contributed by atoms with Gasteiger partial charge in [0.1, 0.15) is 11.9 Å². The van der Waals surface area contributed by atoms with Crippen molar-refractivity contribution >= 4 is 11.8 Å². The van der Waals surface area contributed by atoms with Gasteiger partial charge >= 0.3 is 0 Å². The number of hydrazine groups is 1. The Balaban J connectivity index is 1.91. The molecule has 2 atom stereocenters. The highest BCUT2D eigenvalue weighted by molar-refractivity contribution is 6.00. The van der Waals surface area contributed by atoms with Crippen molar-refractivity contribution in [3.05, 3.63) is 75.7 Å². The highest BCUT2D eigenvalue weighted by atomic mass is 16.7. The van der Waals surface area contributed by atoms with Crippen LogP contribution < -0.4 is 15.6 Å². The van der Waals surface area contributed by atoms with Gasteiger partial charge in [0.25, 0.3) is 5.91 Å². The van der Waals surface area contributed by atoms with Gasteiger partial charge in [-0.2, -0.15) is 0 Å². The second kappa shape index (κ2) is 14.3. The summed E-state index contributed by atoms with van der Waals surface area (Å²) in [4.78, 5) is 21.4. The van der Waals surface area contributed by atoms with Gasteiger partial charge in [-0.25, -0.2) is 10.4 Å². The number of carbonyl (C=O) groups excluding carboxylic acids is 1. The molecule has 1 aliphatic rings. The number of hydrogen-bond donors (Lipinski definition) is 3. The van der Waals surface area contributed by atoms with Crippen LogP contribution in [0.3, 0.4) is 0 Å². The quantitative estimate of drug-likeness (QED) is 0.0803. The highest BCUT2D eigenvalue weighted by Crippen LogP contribution is 2.33. The number of nitrogens with one attached hydrogen (secondary N) is 2. The summed E-state index contributed by atoms with van der Waals surface area (Å²) in [5.74, 6) is 0.585. The number of ether oxygens (including phenoxy) is 4. The molecule has 1 heterocycles. The lowest BCUT2D eigenvalue weighted by atomic mass is 9.84. The molecular formula is C26H34N6O6. The lowest BCUT2D eigenvalue weighted by molar-refractivity contribution is -0.131. The topological polar surface area (TPSA) is 159 Å². The van der Waals surface area contributed by atoms with Gasteiger partial charge < -0.3 is 24.1 Å². The third-order valence-electron chi connectivity index (χ3n) is 6.21. The first-order valence-electron chi connectivity index (χ1n) is 12.2. The molecule has 0 radical (unpaired) electrons. The van der Waals surface area contributed by atoms with Gasteiger partial charge in [-0.15, -0.1) is 0 Å². The van der Waals surface area contributed by atoms with Crippen LogP contribution in [-0.4, -0.2) is 68.8 Å². The van der Waals surface area contributed by atoms with Gasteiger partial charge in [0.2, 0.25) is 5.90 Å². The van der Waals surface area contributed by atoms with E-state index in [4.69, 9.17) is 34.6 Å². The third-order valence-corrected chi connectivity index (χ3v) is 6.21. The van der Waals surface area contributed by atoms with Gasteiger partial charge in [-0.1, -0.05) is 29.4 Å². The average molecular weight is 527 g/mol. The minimum absolute atomic E-state index is 0.0587. The molecule has 3 N–H and O–H groups in total. The number of methoxy groups -OCH3 is 2. The molecule has 0 bridgehead atoms. The van der Waals surface area contributed by atoms with E-state index in [1.807, 2.05) is 36.4 Å². The largest absolute Gasteiger partial charge is 0.494 e. The summed E-state index contributed by atoms with van der Waals surface area (Å²) in [6, 6.07) is 14.6. The fraction of sp³-hybridized carbons (Fsp3) is 0.462. The molecular weight excluding hydrogens is 492 g/mol. The Hall–Kier alpha value is -3.67. The van der Waals surface area contributed by atoms with Crippen molar-refractivity contribution in [2.75, 3.05) is 34.0 Å². The Morgan fingerprint density at radius 1 is 1.21 bits per heavy atom. The van der Waals surface area contributed by atoms with Crippen LogP contribution in [0, 0.1) is 0 Å². The molecule has 204 valence electrons. The Bertz CT molecular complexity index is 1130. The summed E-state index contributed by atoms with van der Waals surface area (Å²) in [6.45, 7) is 2.62. The zero-order chi connectivity index (χ0) is 27.4. The first kappa shape index (κ1) is 28.9. The second-order valence-electron chi connectivity index (χ2n) is 8.62. The molecule has 38 heavy (non-hydrogen) atoms. The molecule has 0 aliphatic carbocycles. The Morgan fingerprint density at radius 2 is 1.92 bits per heavy atom. The van der Waals surface area contributed by atoms with E-state index >= 15 is 0 Å². The van der Waals surface area contributed by atoms with E-state index in [-0.39, 0.29) is 26.1 Å². The maximum absolute atomic E-state index is 13.7. The number of aliphatic imine (C=N–C) groups is 1. The van der Waals surface area contributed by atoms with Crippen molar-refractivity contribution in [2.24, 2.45) is 10.1 Å². The average Bonchev–Trinajstić information content (AvgIpc) is 3.27. The van der Waals surface area contributed by atoms with E-state index in [9.17, 15) is 4.79 Å². The minimum Gasteiger partial charge on any atom is -0.494 e. The number of carbonyl (C=O) groups is 1. The van der Waals surface area contributed by atoms with Gasteiger partial charge in [-0.05, 0) is 47.8 Å². The first-order valence-corrected chi connectivity index (χ1v) is 12.2. The van der Waals surface area contributed by atoms with E-state index < -0.39 is 23.8 Å². The molecule has 0 fully saturated rings. The summed E-state index contributed by atoms with van der Waals surface area (Å²) in [7, 11) is 3.01. The predicted molar refractivity (Wildman–Crippen MR) is 140 cm³/mol. The minimum atomic E-state index is -1.32. The van der Waals surface area contributed by atoms with Crippen molar-refractivity contribution in [3.63, 3.8) is 0 Å². The molecule has 1 aliphatic heterocycles. The summed E-state index contributed by atoms with van der Waals surface area (Å²) in [5, 5.41) is 12.6. The number of hydrogen-bond acceptors (Lipinski definition) is 9. The molecule has 1 amide bonds. The Morgan fingerprint density at radius 3 is 2.58 bits per heavy atom. The molecule has 3 rings (SSSR count). The van der Waals surface area contributed by atoms with E-state index in [0.717, 1.165) is 11.1 Å². The fourth-order valence-electron chi connectivity index (χ4n) is 4.01. The van der Waals surface area contributed by atoms with Crippen LogP contribution in [0.1, 0.15) is 30.0 Å². The fourth-order valence-corrected chi connectivity index (χ4v) is 4.01. The molecule has 0 unspecified atom stereocenters. The van der Waals surface area contributed by atoms with Crippen molar-refractivity contribution in [1.82, 2.24) is 10.9 Å². The molecule has 0 spiro atoms. The van der Waals surface area contributed by atoms with E-state index in [1.165, 1.54) is 14.2 Å². The second-order valence-corrected chi connectivity index (χ2v) is 8.62. The summed E-state index contributed by atoms with van der Waals surface area (Å²) in [6.07, 6.45) is -0.418. The number of azide groups is 1. The maximum Gasteiger partial charge on any atom is 0.266 e. The van der Waals surface area contributed by atoms with Crippen molar-refractivity contribution in [1.29, 1.82) is 0 Å². The number of amides is 1. The SMILES string of the molecule is COC(CNNC(=O)[C@@]1(Cc2ccccc2CN=[N+]=[N-])N=C(c2ccc(OCCCO)cc2)O[C@H]1C)OC. The number of aliphatic hydroxyl groups excluding tert-OH is 1. The molecule has 0 saturated heterocycles. The predicted octanol–water partition coefficient (Wildman–Crippen LogP) is 2.64. The number of aliphatic hydroxyl groups is 1.